The Hall–Kier alpha value is -2.08. The van der Waals surface area contributed by atoms with E-state index in [2.05, 4.69) is 25.3 Å². The first-order chi connectivity index (χ1) is 16.2. The maximum atomic E-state index is 12.8. The Labute approximate surface area is 213 Å². The molecular formula is C29H49NO5. The summed E-state index contributed by atoms with van der Waals surface area (Å²) < 4.78 is 17.5. The van der Waals surface area contributed by atoms with Crippen molar-refractivity contribution in [2.45, 2.75) is 110 Å². The van der Waals surface area contributed by atoms with Gasteiger partial charge >= 0.3 is 12.1 Å². The average Bonchev–Trinajstić information content (AvgIpc) is 2.69. The highest BCUT2D eigenvalue weighted by atomic mass is 16.6. The van der Waals surface area contributed by atoms with Crippen molar-refractivity contribution in [3.8, 4) is 0 Å². The highest BCUT2D eigenvalue weighted by Crippen LogP contribution is 2.33. The van der Waals surface area contributed by atoms with Crippen molar-refractivity contribution in [1.82, 2.24) is 4.90 Å². The molecule has 0 N–H and O–H groups in total. The number of likely N-dealkylation sites (tertiary alicyclic amines) is 1. The molecule has 0 radical (unpaired) electrons. The fourth-order valence-electron chi connectivity index (χ4n) is 4.28. The summed E-state index contributed by atoms with van der Waals surface area (Å²) in [6.07, 6.45) is 11.2. The number of carbonyl (C=O) groups is 2. The minimum atomic E-state index is -0.698. The molecule has 1 unspecified atom stereocenters. The van der Waals surface area contributed by atoms with E-state index in [9.17, 15) is 9.59 Å². The van der Waals surface area contributed by atoms with Gasteiger partial charge in [-0.15, -0.1) is 13.2 Å². The molecule has 1 aliphatic rings. The Morgan fingerprint density at radius 1 is 1.09 bits per heavy atom. The maximum Gasteiger partial charge on any atom is 0.410 e. The molecule has 0 bridgehead atoms. The predicted octanol–water partition coefficient (Wildman–Crippen LogP) is 7.00. The molecule has 0 aromatic heterocycles. The number of allylic oxidation sites excluding steroid dienone is 2. The molecule has 1 atom stereocenters. The Kier molecular flexibility index (Phi) is 12.3. The van der Waals surface area contributed by atoms with Crippen molar-refractivity contribution in [3.63, 3.8) is 0 Å². The number of hydrogen-bond acceptors (Lipinski definition) is 5. The van der Waals surface area contributed by atoms with E-state index in [-0.39, 0.29) is 18.0 Å². The molecule has 200 valence electrons. The number of nitrogens with zero attached hydrogens (tertiary/aromatic N) is 1. The lowest BCUT2D eigenvalue weighted by molar-refractivity contribution is -0.161. The van der Waals surface area contributed by atoms with Crippen LogP contribution in [0.25, 0.3) is 0 Å². The highest BCUT2D eigenvalue weighted by molar-refractivity contribution is 5.73. The van der Waals surface area contributed by atoms with Gasteiger partial charge in [0.1, 0.15) is 16.8 Å². The van der Waals surface area contributed by atoms with Gasteiger partial charge in [-0.2, -0.15) is 0 Å². The minimum absolute atomic E-state index is 0.169. The Morgan fingerprint density at radius 3 is 2.29 bits per heavy atom. The molecule has 0 spiro atoms. The van der Waals surface area contributed by atoms with Crippen molar-refractivity contribution in [3.05, 3.63) is 37.0 Å². The number of hydrogen-bond donors (Lipinski definition) is 0. The number of unbranched alkanes of at least 4 members (excludes halogenated alkanes) is 2. The number of ether oxygens (including phenoxy) is 3. The van der Waals surface area contributed by atoms with Crippen LogP contribution in [-0.2, 0) is 19.0 Å². The quantitative estimate of drug-likeness (QED) is 0.140. The van der Waals surface area contributed by atoms with E-state index in [0.717, 1.165) is 31.3 Å². The number of rotatable bonds is 15. The van der Waals surface area contributed by atoms with E-state index in [0.29, 0.717) is 39.0 Å². The largest absolute Gasteiger partial charge is 0.460 e. The molecule has 1 saturated heterocycles. The summed E-state index contributed by atoms with van der Waals surface area (Å²) in [5, 5.41) is 0. The van der Waals surface area contributed by atoms with Gasteiger partial charge in [-0.25, -0.2) is 4.79 Å². The third-order valence-corrected chi connectivity index (χ3v) is 5.96. The SMILES string of the molecule is C=CCOC1(CC(=C)C)CN(C(=O)OC(C)(C)CCC(CCCCC=CC)C(=O)OC(C)(C)C)C1. The van der Waals surface area contributed by atoms with E-state index in [1.54, 1.807) is 11.0 Å². The van der Waals surface area contributed by atoms with Crippen LogP contribution in [0.3, 0.4) is 0 Å². The molecule has 0 aliphatic carbocycles. The van der Waals surface area contributed by atoms with Crippen molar-refractivity contribution in [2.75, 3.05) is 19.7 Å². The molecule has 0 aromatic carbocycles. The molecule has 1 fully saturated rings. The van der Waals surface area contributed by atoms with Crippen LogP contribution in [0, 0.1) is 5.92 Å². The van der Waals surface area contributed by atoms with E-state index in [4.69, 9.17) is 14.2 Å². The van der Waals surface area contributed by atoms with E-state index in [1.165, 1.54) is 0 Å². The maximum absolute atomic E-state index is 12.8. The van der Waals surface area contributed by atoms with Gasteiger partial charge in [-0.05, 0) is 80.6 Å². The Morgan fingerprint density at radius 2 is 1.74 bits per heavy atom. The normalized spacial score (nSPS) is 16.5. The van der Waals surface area contributed by atoms with E-state index < -0.39 is 16.8 Å². The molecule has 1 rings (SSSR count). The zero-order chi connectivity index (χ0) is 26.7. The second-order valence-corrected chi connectivity index (χ2v) is 11.5. The summed E-state index contributed by atoms with van der Waals surface area (Å²) in [5.74, 6) is -0.380. The number of esters is 1. The lowest BCUT2D eigenvalue weighted by Gasteiger charge is -2.49. The number of carbonyl (C=O) groups excluding carboxylic acids is 2. The second-order valence-electron chi connectivity index (χ2n) is 11.5. The zero-order valence-electron chi connectivity index (χ0n) is 23.3. The van der Waals surface area contributed by atoms with Crippen LogP contribution in [0.15, 0.2) is 37.0 Å². The lowest BCUT2D eigenvalue weighted by Crippen LogP contribution is -2.65. The van der Waals surface area contributed by atoms with Crippen LogP contribution in [0.2, 0.25) is 0 Å². The van der Waals surface area contributed by atoms with Crippen LogP contribution >= 0.6 is 0 Å². The van der Waals surface area contributed by atoms with Crippen LogP contribution < -0.4 is 0 Å². The predicted molar refractivity (Wildman–Crippen MR) is 142 cm³/mol. The van der Waals surface area contributed by atoms with Crippen molar-refractivity contribution >= 4 is 12.1 Å². The summed E-state index contributed by atoms with van der Waals surface area (Å²) in [4.78, 5) is 27.3. The van der Waals surface area contributed by atoms with Gasteiger partial charge in [0.2, 0.25) is 0 Å². The summed E-state index contributed by atoms with van der Waals surface area (Å²) in [6.45, 7) is 22.5. The summed E-state index contributed by atoms with van der Waals surface area (Å²) in [5.41, 5.74) is -0.625. The van der Waals surface area contributed by atoms with Gasteiger partial charge in [-0.1, -0.05) is 30.2 Å². The van der Waals surface area contributed by atoms with Crippen LogP contribution in [0.1, 0.15) is 93.4 Å². The van der Waals surface area contributed by atoms with Gasteiger partial charge in [-0.3, -0.25) is 4.79 Å². The molecule has 1 heterocycles. The fraction of sp³-hybridized carbons (Fsp3) is 0.724. The third-order valence-electron chi connectivity index (χ3n) is 5.96. The van der Waals surface area contributed by atoms with E-state index in [1.807, 2.05) is 48.5 Å². The molecule has 1 aliphatic heterocycles. The smallest absolute Gasteiger partial charge is 0.410 e. The van der Waals surface area contributed by atoms with Gasteiger partial charge in [0.25, 0.3) is 0 Å². The summed E-state index contributed by atoms with van der Waals surface area (Å²) in [7, 11) is 0. The average molecular weight is 492 g/mol. The summed E-state index contributed by atoms with van der Waals surface area (Å²) >= 11 is 0. The Balaban J connectivity index is 2.67. The minimum Gasteiger partial charge on any atom is -0.460 e. The summed E-state index contributed by atoms with van der Waals surface area (Å²) in [6, 6.07) is 0. The molecule has 6 nitrogen and oxygen atoms in total. The van der Waals surface area contributed by atoms with Crippen molar-refractivity contribution in [1.29, 1.82) is 0 Å². The first kappa shape index (κ1) is 31.0. The fourth-order valence-corrected chi connectivity index (χ4v) is 4.28. The van der Waals surface area contributed by atoms with Gasteiger partial charge in [0.15, 0.2) is 0 Å². The van der Waals surface area contributed by atoms with Crippen LogP contribution in [0.4, 0.5) is 4.79 Å². The molecule has 6 heteroatoms. The van der Waals surface area contributed by atoms with Crippen molar-refractivity contribution in [2.24, 2.45) is 5.92 Å². The Bertz CT molecular complexity index is 741. The van der Waals surface area contributed by atoms with Crippen LogP contribution in [0.5, 0.6) is 0 Å². The van der Waals surface area contributed by atoms with Gasteiger partial charge < -0.3 is 19.1 Å². The highest BCUT2D eigenvalue weighted by Gasteiger charge is 2.47. The first-order valence-corrected chi connectivity index (χ1v) is 12.9. The molecular weight excluding hydrogens is 442 g/mol. The molecule has 35 heavy (non-hydrogen) atoms. The van der Waals surface area contributed by atoms with E-state index >= 15 is 0 Å². The van der Waals surface area contributed by atoms with Crippen molar-refractivity contribution < 1.29 is 23.8 Å². The second kappa shape index (κ2) is 13.9. The third kappa shape index (κ3) is 11.9. The van der Waals surface area contributed by atoms with Crippen LogP contribution in [-0.4, -0.2) is 53.5 Å². The van der Waals surface area contributed by atoms with Gasteiger partial charge in [0, 0.05) is 6.42 Å². The molecule has 0 saturated carbocycles. The first-order valence-electron chi connectivity index (χ1n) is 12.9. The number of amides is 1. The lowest BCUT2D eigenvalue weighted by atomic mass is 9.87. The topological polar surface area (TPSA) is 65.1 Å². The monoisotopic (exact) mass is 491 g/mol. The zero-order valence-corrected chi connectivity index (χ0v) is 23.3. The standard InChI is InChI=1S/C29H49NO5/c1-10-12-13-14-15-16-24(25(31)34-27(5,6)7)17-18-28(8,9)35-26(32)30-21-29(22-30,20-23(3)4)33-19-11-2/h10-12,24H,2-3,13-22H2,1,4-9H3. The molecule has 1 amide bonds. The van der Waals surface area contributed by atoms with Gasteiger partial charge in [0.05, 0.1) is 25.6 Å². The molecule has 0 aromatic rings.